The number of aliphatic imine (C=N–C) groups is 1. The van der Waals surface area contributed by atoms with E-state index in [-0.39, 0.29) is 0 Å². The van der Waals surface area contributed by atoms with Crippen molar-refractivity contribution in [1.29, 1.82) is 0 Å². The second-order valence-corrected chi connectivity index (χ2v) is 5.95. The number of anilines is 1. The number of aromatic nitrogens is 2. The van der Waals surface area contributed by atoms with Crippen LogP contribution in [0.3, 0.4) is 0 Å². The van der Waals surface area contributed by atoms with Gasteiger partial charge in [0.2, 0.25) is 0 Å². The largest absolute Gasteiger partial charge is 0.493 e. The number of ether oxygens (including phenoxy) is 2. The molecule has 0 amide bonds. The fourth-order valence-electron chi connectivity index (χ4n) is 2.82. The second kappa shape index (κ2) is 9.12. The van der Waals surface area contributed by atoms with Crippen LogP contribution < -0.4 is 20.1 Å². The predicted molar refractivity (Wildman–Crippen MR) is 106 cm³/mol. The Morgan fingerprint density at radius 3 is 2.62 bits per heavy atom. The van der Waals surface area contributed by atoms with E-state index < -0.39 is 0 Å². The lowest BCUT2D eigenvalue weighted by atomic mass is 10.1. The molecule has 7 heteroatoms. The molecule has 1 heterocycles. The van der Waals surface area contributed by atoms with Crippen LogP contribution in [0.2, 0.25) is 0 Å². The highest BCUT2D eigenvalue weighted by Gasteiger charge is 2.10. The molecule has 0 saturated carbocycles. The molecule has 7 nitrogen and oxygen atoms in total. The molecule has 1 aromatic heterocycles. The molecule has 0 aliphatic carbocycles. The summed E-state index contributed by atoms with van der Waals surface area (Å²) in [5.74, 6) is 2.12. The monoisotopic (exact) mass is 359 g/mol. The first-order valence-electron chi connectivity index (χ1n) is 8.77. The zero-order valence-corrected chi connectivity index (χ0v) is 16.5. The number of hydrogen-bond donors (Lipinski definition) is 2. The molecule has 0 spiro atoms. The van der Waals surface area contributed by atoms with Crippen molar-refractivity contribution >= 4 is 11.6 Å². The summed E-state index contributed by atoms with van der Waals surface area (Å²) in [5.41, 5.74) is 4.43. The Kier molecular flexibility index (Phi) is 6.89. The average Bonchev–Trinajstić information content (AvgIpc) is 2.87. The number of nitrogens with one attached hydrogen (secondary N) is 2. The smallest absolute Gasteiger partial charge is 0.195 e. The van der Waals surface area contributed by atoms with Gasteiger partial charge in [0.25, 0.3) is 0 Å². The van der Waals surface area contributed by atoms with Crippen molar-refractivity contribution < 1.29 is 9.47 Å². The second-order valence-electron chi connectivity index (χ2n) is 5.95. The standard InChI is InChI=1S/C19H29N5O2/c1-7-26-18-12-15(8-9-17(18)25-6)22-19(20-4)21-11-10-16-13(2)23-24(5)14(16)3/h8-9,12H,7,10-11H2,1-6H3,(H2,20,21,22). The molecular weight excluding hydrogens is 330 g/mol. The maximum atomic E-state index is 5.62. The van der Waals surface area contributed by atoms with Gasteiger partial charge in [0.1, 0.15) is 0 Å². The van der Waals surface area contributed by atoms with Crippen molar-refractivity contribution in [2.75, 3.05) is 32.6 Å². The van der Waals surface area contributed by atoms with E-state index in [2.05, 4.69) is 27.6 Å². The zero-order chi connectivity index (χ0) is 19.1. The van der Waals surface area contributed by atoms with E-state index in [1.807, 2.05) is 43.8 Å². The van der Waals surface area contributed by atoms with Gasteiger partial charge in [0, 0.05) is 38.1 Å². The van der Waals surface area contributed by atoms with E-state index >= 15 is 0 Å². The molecule has 0 unspecified atom stereocenters. The van der Waals surface area contributed by atoms with Gasteiger partial charge in [-0.25, -0.2) is 0 Å². The van der Waals surface area contributed by atoms with E-state index in [9.17, 15) is 0 Å². The molecule has 2 aromatic rings. The number of hydrogen-bond acceptors (Lipinski definition) is 4. The van der Waals surface area contributed by atoms with E-state index in [0.29, 0.717) is 24.1 Å². The average molecular weight is 359 g/mol. The van der Waals surface area contributed by atoms with Gasteiger partial charge in [-0.1, -0.05) is 0 Å². The molecule has 0 bridgehead atoms. The molecule has 1 aromatic carbocycles. The van der Waals surface area contributed by atoms with Gasteiger partial charge in [0.15, 0.2) is 17.5 Å². The third-order valence-electron chi connectivity index (χ3n) is 4.28. The number of benzene rings is 1. The van der Waals surface area contributed by atoms with Crippen molar-refractivity contribution in [3.63, 3.8) is 0 Å². The summed E-state index contributed by atoms with van der Waals surface area (Å²) in [5, 5.41) is 11.1. The van der Waals surface area contributed by atoms with Gasteiger partial charge in [-0.3, -0.25) is 9.67 Å². The maximum Gasteiger partial charge on any atom is 0.195 e. The number of aryl methyl sites for hydroxylation is 2. The lowest BCUT2D eigenvalue weighted by Gasteiger charge is -2.14. The highest BCUT2D eigenvalue weighted by atomic mass is 16.5. The van der Waals surface area contributed by atoms with Crippen molar-refractivity contribution in [3.8, 4) is 11.5 Å². The molecule has 0 aliphatic rings. The van der Waals surface area contributed by atoms with Crippen LogP contribution in [-0.2, 0) is 13.5 Å². The SMILES string of the molecule is CCOc1cc(NC(=NC)NCCc2c(C)nn(C)c2C)ccc1OC. The minimum Gasteiger partial charge on any atom is -0.493 e. The van der Waals surface area contributed by atoms with E-state index in [4.69, 9.17) is 9.47 Å². The Morgan fingerprint density at radius 1 is 1.27 bits per heavy atom. The van der Waals surface area contributed by atoms with Crippen LogP contribution in [0, 0.1) is 13.8 Å². The normalized spacial score (nSPS) is 11.4. The summed E-state index contributed by atoms with van der Waals surface area (Å²) in [6.45, 7) is 7.43. The minimum atomic E-state index is 0.580. The Hall–Kier alpha value is -2.70. The predicted octanol–water partition coefficient (Wildman–Crippen LogP) is 2.67. The first-order chi connectivity index (χ1) is 12.5. The molecule has 0 saturated heterocycles. The number of nitrogens with zero attached hydrogens (tertiary/aromatic N) is 3. The lowest BCUT2D eigenvalue weighted by Crippen LogP contribution is -2.32. The highest BCUT2D eigenvalue weighted by molar-refractivity contribution is 5.93. The Labute approximate surface area is 155 Å². The van der Waals surface area contributed by atoms with E-state index in [1.54, 1.807) is 14.2 Å². The van der Waals surface area contributed by atoms with Gasteiger partial charge in [0.05, 0.1) is 19.4 Å². The fraction of sp³-hybridized carbons (Fsp3) is 0.474. The molecule has 0 aliphatic heterocycles. The number of guanidine groups is 1. The van der Waals surface area contributed by atoms with Crippen LogP contribution in [0.5, 0.6) is 11.5 Å². The Morgan fingerprint density at radius 2 is 2.04 bits per heavy atom. The van der Waals surface area contributed by atoms with Gasteiger partial charge >= 0.3 is 0 Å². The van der Waals surface area contributed by atoms with E-state index in [1.165, 1.54) is 11.3 Å². The first kappa shape index (κ1) is 19.6. The summed E-state index contributed by atoms with van der Waals surface area (Å²) in [7, 11) is 5.36. The Balaban J connectivity index is 1.98. The summed E-state index contributed by atoms with van der Waals surface area (Å²) in [4.78, 5) is 4.28. The minimum absolute atomic E-state index is 0.580. The topological polar surface area (TPSA) is 72.7 Å². The molecule has 2 N–H and O–H groups in total. The molecule has 26 heavy (non-hydrogen) atoms. The molecule has 0 radical (unpaired) electrons. The van der Waals surface area contributed by atoms with Gasteiger partial charge in [-0.05, 0) is 44.9 Å². The first-order valence-corrected chi connectivity index (χ1v) is 8.77. The third-order valence-corrected chi connectivity index (χ3v) is 4.28. The van der Waals surface area contributed by atoms with Crippen molar-refractivity contribution in [2.45, 2.75) is 27.2 Å². The van der Waals surface area contributed by atoms with Gasteiger partial charge in [-0.15, -0.1) is 0 Å². The van der Waals surface area contributed by atoms with Crippen LogP contribution in [0.1, 0.15) is 23.9 Å². The van der Waals surface area contributed by atoms with Crippen LogP contribution in [-0.4, -0.2) is 43.0 Å². The van der Waals surface area contributed by atoms with E-state index in [0.717, 1.165) is 24.3 Å². The summed E-state index contributed by atoms with van der Waals surface area (Å²) >= 11 is 0. The summed E-state index contributed by atoms with van der Waals surface area (Å²) in [6.07, 6.45) is 0.888. The Bertz CT molecular complexity index is 768. The summed E-state index contributed by atoms with van der Waals surface area (Å²) in [6, 6.07) is 5.72. The van der Waals surface area contributed by atoms with Crippen molar-refractivity contribution in [2.24, 2.45) is 12.0 Å². The molecule has 0 atom stereocenters. The third kappa shape index (κ3) is 4.68. The van der Waals surface area contributed by atoms with Crippen LogP contribution in [0.4, 0.5) is 5.69 Å². The van der Waals surface area contributed by atoms with Gasteiger partial charge < -0.3 is 20.1 Å². The number of rotatable bonds is 7. The quantitative estimate of drug-likeness (QED) is 0.587. The molecule has 142 valence electrons. The van der Waals surface area contributed by atoms with Crippen LogP contribution in [0.15, 0.2) is 23.2 Å². The highest BCUT2D eigenvalue weighted by Crippen LogP contribution is 2.30. The molecule has 0 fully saturated rings. The maximum absolute atomic E-state index is 5.62. The van der Waals surface area contributed by atoms with Crippen molar-refractivity contribution in [1.82, 2.24) is 15.1 Å². The fourth-order valence-corrected chi connectivity index (χ4v) is 2.82. The van der Waals surface area contributed by atoms with Crippen LogP contribution >= 0.6 is 0 Å². The zero-order valence-electron chi connectivity index (χ0n) is 16.5. The van der Waals surface area contributed by atoms with Crippen molar-refractivity contribution in [3.05, 3.63) is 35.2 Å². The lowest BCUT2D eigenvalue weighted by molar-refractivity contribution is 0.311. The van der Waals surface area contributed by atoms with Gasteiger partial charge in [-0.2, -0.15) is 5.10 Å². The van der Waals surface area contributed by atoms with Crippen LogP contribution in [0.25, 0.3) is 0 Å². The summed E-state index contributed by atoms with van der Waals surface area (Å²) < 4.78 is 12.9. The molecular formula is C19H29N5O2. The number of methoxy groups -OCH3 is 1. The molecule has 2 rings (SSSR count).